The van der Waals surface area contributed by atoms with Crippen LogP contribution in [0.1, 0.15) is 37.7 Å². The Labute approximate surface area is 165 Å². The highest BCUT2D eigenvalue weighted by atomic mass is 19.1. The molecule has 2 aromatic heterocycles. The van der Waals surface area contributed by atoms with Crippen LogP contribution in [0.5, 0.6) is 0 Å². The number of rotatable bonds is 6. The highest BCUT2D eigenvalue weighted by Crippen LogP contribution is 2.25. The van der Waals surface area contributed by atoms with Crippen molar-refractivity contribution in [2.75, 3.05) is 10.6 Å². The van der Waals surface area contributed by atoms with Crippen molar-refractivity contribution in [3.63, 3.8) is 0 Å². The minimum atomic E-state index is -0.218. The van der Waals surface area contributed by atoms with Crippen molar-refractivity contribution in [1.82, 2.24) is 9.97 Å². The quantitative estimate of drug-likeness (QED) is 0.584. The number of benzene rings is 1. The van der Waals surface area contributed by atoms with E-state index in [-0.39, 0.29) is 5.82 Å². The number of nitrogens with one attached hydrogen (secondary N) is 2. The van der Waals surface area contributed by atoms with Crippen LogP contribution in [0.25, 0.3) is 11.3 Å². The van der Waals surface area contributed by atoms with Gasteiger partial charge in [-0.05, 0) is 54.8 Å². The van der Waals surface area contributed by atoms with Gasteiger partial charge in [0.05, 0.1) is 5.69 Å². The molecule has 0 atom stereocenters. The van der Waals surface area contributed by atoms with Crippen molar-refractivity contribution in [2.45, 2.75) is 44.7 Å². The second kappa shape index (κ2) is 8.83. The van der Waals surface area contributed by atoms with Crippen molar-refractivity contribution < 1.29 is 4.39 Å². The molecule has 0 amide bonds. The summed E-state index contributed by atoms with van der Waals surface area (Å²) in [6.45, 7) is 0.562. The highest BCUT2D eigenvalue weighted by molar-refractivity contribution is 5.66. The molecule has 2 heterocycles. The van der Waals surface area contributed by atoms with Crippen LogP contribution in [0.3, 0.4) is 0 Å². The lowest BCUT2D eigenvalue weighted by molar-refractivity contribution is 0.462. The van der Waals surface area contributed by atoms with Crippen LogP contribution in [0.4, 0.5) is 15.9 Å². The fourth-order valence-electron chi connectivity index (χ4n) is 3.67. The van der Waals surface area contributed by atoms with Gasteiger partial charge in [0.2, 0.25) is 0 Å². The molecule has 1 fully saturated rings. The third kappa shape index (κ3) is 4.85. The van der Waals surface area contributed by atoms with E-state index in [1.165, 1.54) is 38.2 Å². The summed E-state index contributed by atoms with van der Waals surface area (Å²) in [7, 11) is 0. The first-order chi connectivity index (χ1) is 13.8. The molecular formula is C23H25FN4. The molecule has 1 aliphatic carbocycles. The lowest BCUT2D eigenvalue weighted by atomic mass is 9.95. The Morgan fingerprint density at radius 1 is 0.929 bits per heavy atom. The van der Waals surface area contributed by atoms with E-state index in [1.54, 1.807) is 18.3 Å². The smallest absolute Gasteiger partial charge is 0.126 e. The number of nitrogens with zero attached hydrogens (tertiary/aromatic N) is 2. The zero-order chi connectivity index (χ0) is 19.2. The Morgan fingerprint density at radius 2 is 1.79 bits per heavy atom. The number of anilines is 2. The number of pyridine rings is 2. The maximum absolute atomic E-state index is 13.3. The van der Waals surface area contributed by atoms with Crippen molar-refractivity contribution >= 4 is 11.5 Å². The van der Waals surface area contributed by atoms with Crippen LogP contribution in [0.2, 0.25) is 0 Å². The summed E-state index contributed by atoms with van der Waals surface area (Å²) >= 11 is 0. The van der Waals surface area contributed by atoms with Gasteiger partial charge in [-0.3, -0.25) is 4.98 Å². The Morgan fingerprint density at radius 3 is 2.64 bits per heavy atom. The van der Waals surface area contributed by atoms with Gasteiger partial charge in [-0.1, -0.05) is 31.4 Å². The average molecular weight is 376 g/mol. The van der Waals surface area contributed by atoms with Gasteiger partial charge >= 0.3 is 0 Å². The van der Waals surface area contributed by atoms with E-state index < -0.39 is 0 Å². The molecule has 0 spiro atoms. The van der Waals surface area contributed by atoms with Gasteiger partial charge in [0.25, 0.3) is 0 Å². The third-order valence-electron chi connectivity index (χ3n) is 5.16. The monoisotopic (exact) mass is 376 g/mol. The Kier molecular flexibility index (Phi) is 5.80. The molecular weight excluding hydrogens is 351 g/mol. The molecule has 2 N–H and O–H groups in total. The molecule has 1 saturated carbocycles. The van der Waals surface area contributed by atoms with Gasteiger partial charge in [-0.15, -0.1) is 0 Å². The Balaban J connectivity index is 1.45. The maximum atomic E-state index is 13.3. The molecule has 0 aliphatic heterocycles. The molecule has 0 saturated heterocycles. The summed E-state index contributed by atoms with van der Waals surface area (Å²) in [5.74, 6) is 0.689. The molecule has 0 radical (unpaired) electrons. The SMILES string of the molecule is Fc1cccc(CNc2ccnc(-c3ccnc(NC4CCCCC4)c3)c2)c1. The molecule has 0 bridgehead atoms. The van der Waals surface area contributed by atoms with Gasteiger partial charge in [0.15, 0.2) is 0 Å². The zero-order valence-electron chi connectivity index (χ0n) is 15.9. The first-order valence-corrected chi connectivity index (χ1v) is 9.93. The summed E-state index contributed by atoms with van der Waals surface area (Å²) in [4.78, 5) is 8.99. The van der Waals surface area contributed by atoms with Gasteiger partial charge in [0, 0.05) is 36.2 Å². The summed E-state index contributed by atoms with van der Waals surface area (Å²) in [6, 6.07) is 15.1. The van der Waals surface area contributed by atoms with Gasteiger partial charge in [-0.25, -0.2) is 9.37 Å². The number of hydrogen-bond acceptors (Lipinski definition) is 4. The molecule has 1 aliphatic rings. The summed E-state index contributed by atoms with van der Waals surface area (Å²) < 4.78 is 13.3. The standard InChI is InChI=1S/C23H25FN4/c24-19-6-4-5-17(13-19)16-27-21-10-12-25-22(15-21)18-9-11-26-23(14-18)28-20-7-2-1-3-8-20/h4-6,9-15,20H,1-3,7-8,16H2,(H,25,27)(H,26,28). The highest BCUT2D eigenvalue weighted by Gasteiger charge is 2.13. The van der Waals surface area contributed by atoms with Crippen LogP contribution in [-0.2, 0) is 6.54 Å². The minimum absolute atomic E-state index is 0.218. The van der Waals surface area contributed by atoms with Crippen molar-refractivity contribution in [3.05, 3.63) is 72.3 Å². The molecule has 4 nitrogen and oxygen atoms in total. The minimum Gasteiger partial charge on any atom is -0.381 e. The number of hydrogen-bond donors (Lipinski definition) is 2. The number of aromatic nitrogens is 2. The Bertz CT molecular complexity index is 922. The van der Waals surface area contributed by atoms with Crippen LogP contribution in [0, 0.1) is 5.82 Å². The maximum Gasteiger partial charge on any atom is 0.126 e. The van der Waals surface area contributed by atoms with Crippen molar-refractivity contribution in [3.8, 4) is 11.3 Å². The molecule has 1 aromatic carbocycles. The van der Waals surface area contributed by atoms with Crippen LogP contribution in [-0.4, -0.2) is 16.0 Å². The first-order valence-electron chi connectivity index (χ1n) is 9.93. The van der Waals surface area contributed by atoms with Crippen LogP contribution >= 0.6 is 0 Å². The van der Waals surface area contributed by atoms with E-state index in [1.807, 2.05) is 30.5 Å². The average Bonchev–Trinajstić information content (AvgIpc) is 2.74. The second-order valence-corrected chi connectivity index (χ2v) is 7.32. The molecule has 5 heteroatoms. The molecule has 3 aromatic rings. The normalized spacial score (nSPS) is 14.6. The van der Waals surface area contributed by atoms with Gasteiger partial charge in [-0.2, -0.15) is 0 Å². The van der Waals surface area contributed by atoms with E-state index in [4.69, 9.17) is 0 Å². The second-order valence-electron chi connectivity index (χ2n) is 7.32. The molecule has 0 unspecified atom stereocenters. The third-order valence-corrected chi connectivity index (χ3v) is 5.16. The molecule has 4 rings (SSSR count). The summed E-state index contributed by atoms with van der Waals surface area (Å²) in [6.07, 6.45) is 9.96. The fraction of sp³-hybridized carbons (Fsp3) is 0.304. The zero-order valence-corrected chi connectivity index (χ0v) is 15.9. The largest absolute Gasteiger partial charge is 0.381 e. The van der Waals surface area contributed by atoms with E-state index >= 15 is 0 Å². The lowest BCUT2D eigenvalue weighted by Crippen LogP contribution is -2.22. The van der Waals surface area contributed by atoms with E-state index in [2.05, 4.69) is 26.7 Å². The van der Waals surface area contributed by atoms with Gasteiger partial charge < -0.3 is 10.6 Å². The van der Waals surface area contributed by atoms with Crippen molar-refractivity contribution in [1.29, 1.82) is 0 Å². The summed E-state index contributed by atoms with van der Waals surface area (Å²) in [5, 5.41) is 6.91. The van der Waals surface area contributed by atoms with Crippen LogP contribution < -0.4 is 10.6 Å². The van der Waals surface area contributed by atoms with E-state index in [9.17, 15) is 4.39 Å². The van der Waals surface area contributed by atoms with E-state index in [0.717, 1.165) is 28.3 Å². The lowest BCUT2D eigenvalue weighted by Gasteiger charge is -2.23. The van der Waals surface area contributed by atoms with Gasteiger partial charge in [0.1, 0.15) is 11.6 Å². The predicted molar refractivity (Wildman–Crippen MR) is 112 cm³/mol. The first kappa shape index (κ1) is 18.4. The predicted octanol–water partition coefficient (Wildman–Crippen LogP) is 5.64. The van der Waals surface area contributed by atoms with Crippen LogP contribution in [0.15, 0.2) is 60.9 Å². The van der Waals surface area contributed by atoms with E-state index in [0.29, 0.717) is 12.6 Å². The molecule has 144 valence electrons. The fourth-order valence-corrected chi connectivity index (χ4v) is 3.67. The molecule has 28 heavy (non-hydrogen) atoms. The van der Waals surface area contributed by atoms with Crippen molar-refractivity contribution in [2.24, 2.45) is 0 Å². The number of halogens is 1. The summed E-state index contributed by atoms with van der Waals surface area (Å²) in [5.41, 5.74) is 3.77. The topological polar surface area (TPSA) is 49.8 Å². The Hall–Kier alpha value is -2.95.